The van der Waals surface area contributed by atoms with Crippen LogP contribution in [0.3, 0.4) is 0 Å². The first-order valence-electron chi connectivity index (χ1n) is 6.16. The molecule has 1 heterocycles. The van der Waals surface area contributed by atoms with Gasteiger partial charge in [0.1, 0.15) is 0 Å². The highest BCUT2D eigenvalue weighted by Gasteiger charge is 2.26. The van der Waals surface area contributed by atoms with Gasteiger partial charge in [0.15, 0.2) is 0 Å². The van der Waals surface area contributed by atoms with Crippen LogP contribution in [0.2, 0.25) is 0 Å². The zero-order valence-electron chi connectivity index (χ0n) is 10.8. The second-order valence-electron chi connectivity index (χ2n) is 4.91. The fraction of sp³-hybridized carbons (Fsp3) is 1.00. The summed E-state index contributed by atoms with van der Waals surface area (Å²) in [5, 5.41) is 0. The van der Waals surface area contributed by atoms with Crippen molar-refractivity contribution in [2.45, 2.75) is 33.3 Å². The molecule has 1 aliphatic rings. The van der Waals surface area contributed by atoms with Crippen LogP contribution in [0.1, 0.15) is 27.7 Å². The zero-order chi connectivity index (χ0) is 11.3. The summed E-state index contributed by atoms with van der Waals surface area (Å²) in [5.74, 6) is 0. The van der Waals surface area contributed by atoms with Crippen molar-refractivity contribution in [3.8, 4) is 0 Å². The Balaban J connectivity index is 2.26. The van der Waals surface area contributed by atoms with Crippen LogP contribution in [-0.4, -0.2) is 61.3 Å². The fourth-order valence-corrected chi connectivity index (χ4v) is 2.13. The molecule has 0 atom stereocenters. The number of morpholine rings is 1. The Kier molecular flexibility index (Phi) is 5.03. The number of ether oxygens (including phenoxy) is 1. The van der Waals surface area contributed by atoms with E-state index in [2.05, 4.69) is 37.5 Å². The van der Waals surface area contributed by atoms with E-state index in [4.69, 9.17) is 4.74 Å². The molecular weight excluding hydrogens is 188 g/mol. The highest BCUT2D eigenvalue weighted by Crippen LogP contribution is 2.15. The molecule has 0 aromatic carbocycles. The van der Waals surface area contributed by atoms with Crippen LogP contribution in [0.15, 0.2) is 0 Å². The molecule has 1 saturated heterocycles. The minimum absolute atomic E-state index is 0.0432. The Labute approximate surface area is 94.4 Å². The fourth-order valence-electron chi connectivity index (χ4n) is 2.13. The van der Waals surface area contributed by atoms with Gasteiger partial charge < -0.3 is 9.64 Å². The highest BCUT2D eigenvalue weighted by molar-refractivity contribution is 4.79. The summed E-state index contributed by atoms with van der Waals surface area (Å²) in [7, 11) is 0. The Bertz CT molecular complexity index is 178. The third kappa shape index (κ3) is 4.49. The number of nitrogens with zero attached hydrogens (tertiary/aromatic N) is 2. The molecular formula is C12H26N2O. The summed E-state index contributed by atoms with van der Waals surface area (Å²) in [5.41, 5.74) is 0.0432. The SMILES string of the molecule is CCN(CC)CCN1CCOC(C)(C)C1. The lowest BCUT2D eigenvalue weighted by Gasteiger charge is -2.38. The molecule has 3 nitrogen and oxygen atoms in total. The van der Waals surface area contributed by atoms with Gasteiger partial charge in [0.05, 0.1) is 12.2 Å². The smallest absolute Gasteiger partial charge is 0.0753 e. The summed E-state index contributed by atoms with van der Waals surface area (Å²) in [4.78, 5) is 4.99. The number of rotatable bonds is 5. The molecule has 0 unspecified atom stereocenters. The molecule has 15 heavy (non-hydrogen) atoms. The van der Waals surface area contributed by atoms with Crippen LogP contribution in [0.25, 0.3) is 0 Å². The summed E-state index contributed by atoms with van der Waals surface area (Å²) in [6, 6.07) is 0. The minimum Gasteiger partial charge on any atom is -0.373 e. The number of hydrogen-bond donors (Lipinski definition) is 0. The van der Waals surface area contributed by atoms with E-state index in [0.29, 0.717) is 0 Å². The first-order valence-corrected chi connectivity index (χ1v) is 6.16. The monoisotopic (exact) mass is 214 g/mol. The molecule has 0 radical (unpaired) electrons. The number of likely N-dealkylation sites (N-methyl/N-ethyl adjacent to an activating group) is 1. The van der Waals surface area contributed by atoms with E-state index in [1.807, 2.05) is 0 Å². The molecule has 0 N–H and O–H groups in total. The van der Waals surface area contributed by atoms with Gasteiger partial charge in [0, 0.05) is 26.2 Å². The maximum Gasteiger partial charge on any atom is 0.0753 e. The Morgan fingerprint density at radius 3 is 2.47 bits per heavy atom. The molecule has 1 aliphatic heterocycles. The predicted molar refractivity (Wildman–Crippen MR) is 64.3 cm³/mol. The average Bonchev–Trinajstić information content (AvgIpc) is 2.18. The largest absolute Gasteiger partial charge is 0.373 e. The van der Waals surface area contributed by atoms with Crippen LogP contribution in [0, 0.1) is 0 Å². The van der Waals surface area contributed by atoms with Gasteiger partial charge in [0.25, 0.3) is 0 Å². The van der Waals surface area contributed by atoms with Gasteiger partial charge in [-0.25, -0.2) is 0 Å². The predicted octanol–water partition coefficient (Wildman–Crippen LogP) is 1.44. The molecule has 0 aliphatic carbocycles. The molecule has 0 saturated carbocycles. The Morgan fingerprint density at radius 1 is 1.27 bits per heavy atom. The van der Waals surface area contributed by atoms with Gasteiger partial charge in [-0.3, -0.25) is 4.90 Å². The summed E-state index contributed by atoms with van der Waals surface area (Å²) in [6.07, 6.45) is 0. The van der Waals surface area contributed by atoms with Crippen LogP contribution >= 0.6 is 0 Å². The molecule has 0 spiro atoms. The minimum atomic E-state index is 0.0432. The van der Waals surface area contributed by atoms with Crippen LogP contribution in [0.5, 0.6) is 0 Å². The third-order valence-electron chi connectivity index (χ3n) is 3.13. The standard InChI is InChI=1S/C12H26N2O/c1-5-13(6-2)7-8-14-9-10-15-12(3,4)11-14/h5-11H2,1-4H3. The van der Waals surface area contributed by atoms with Gasteiger partial charge in [-0.15, -0.1) is 0 Å². The second kappa shape index (κ2) is 5.83. The molecule has 1 rings (SSSR count). The van der Waals surface area contributed by atoms with Crippen LogP contribution < -0.4 is 0 Å². The summed E-state index contributed by atoms with van der Waals surface area (Å²) < 4.78 is 5.70. The van der Waals surface area contributed by atoms with Crippen molar-refractivity contribution in [2.24, 2.45) is 0 Å². The first kappa shape index (κ1) is 12.9. The van der Waals surface area contributed by atoms with E-state index in [1.54, 1.807) is 0 Å². The molecule has 0 aromatic rings. The lowest BCUT2D eigenvalue weighted by Crippen LogP contribution is -2.50. The van der Waals surface area contributed by atoms with Crippen molar-refractivity contribution in [1.29, 1.82) is 0 Å². The van der Waals surface area contributed by atoms with Crippen molar-refractivity contribution in [2.75, 3.05) is 45.9 Å². The topological polar surface area (TPSA) is 15.7 Å². The summed E-state index contributed by atoms with van der Waals surface area (Å²) in [6.45, 7) is 16.5. The van der Waals surface area contributed by atoms with E-state index in [9.17, 15) is 0 Å². The van der Waals surface area contributed by atoms with Gasteiger partial charge in [-0.1, -0.05) is 13.8 Å². The third-order valence-corrected chi connectivity index (χ3v) is 3.13. The number of hydrogen-bond acceptors (Lipinski definition) is 3. The molecule has 0 amide bonds. The first-order chi connectivity index (χ1) is 7.07. The normalized spacial score (nSPS) is 22.2. The van der Waals surface area contributed by atoms with Crippen molar-refractivity contribution >= 4 is 0 Å². The van der Waals surface area contributed by atoms with Gasteiger partial charge in [0.2, 0.25) is 0 Å². The molecule has 0 bridgehead atoms. The van der Waals surface area contributed by atoms with E-state index in [-0.39, 0.29) is 5.60 Å². The Morgan fingerprint density at radius 2 is 1.93 bits per heavy atom. The van der Waals surface area contributed by atoms with Gasteiger partial charge in [-0.05, 0) is 26.9 Å². The van der Waals surface area contributed by atoms with Crippen LogP contribution in [-0.2, 0) is 4.74 Å². The van der Waals surface area contributed by atoms with E-state index in [1.165, 1.54) is 13.1 Å². The van der Waals surface area contributed by atoms with Gasteiger partial charge in [-0.2, -0.15) is 0 Å². The lowest BCUT2D eigenvalue weighted by atomic mass is 10.1. The molecule has 0 aromatic heterocycles. The highest BCUT2D eigenvalue weighted by atomic mass is 16.5. The lowest BCUT2D eigenvalue weighted by molar-refractivity contribution is -0.0869. The van der Waals surface area contributed by atoms with Crippen molar-refractivity contribution in [1.82, 2.24) is 9.80 Å². The molecule has 1 fully saturated rings. The maximum absolute atomic E-state index is 5.70. The van der Waals surface area contributed by atoms with E-state index >= 15 is 0 Å². The quantitative estimate of drug-likeness (QED) is 0.689. The summed E-state index contributed by atoms with van der Waals surface area (Å²) >= 11 is 0. The van der Waals surface area contributed by atoms with Gasteiger partial charge >= 0.3 is 0 Å². The second-order valence-corrected chi connectivity index (χ2v) is 4.91. The van der Waals surface area contributed by atoms with Crippen molar-refractivity contribution < 1.29 is 4.74 Å². The van der Waals surface area contributed by atoms with E-state index in [0.717, 1.165) is 32.8 Å². The maximum atomic E-state index is 5.70. The Hall–Kier alpha value is -0.120. The van der Waals surface area contributed by atoms with Crippen LogP contribution in [0.4, 0.5) is 0 Å². The average molecular weight is 214 g/mol. The van der Waals surface area contributed by atoms with Crippen molar-refractivity contribution in [3.63, 3.8) is 0 Å². The zero-order valence-corrected chi connectivity index (χ0v) is 10.8. The molecule has 3 heteroatoms. The van der Waals surface area contributed by atoms with E-state index < -0.39 is 0 Å². The van der Waals surface area contributed by atoms with Crippen molar-refractivity contribution in [3.05, 3.63) is 0 Å². The molecule has 90 valence electrons.